The van der Waals surface area contributed by atoms with Crippen LogP contribution in [0.25, 0.3) is 0 Å². The van der Waals surface area contributed by atoms with Gasteiger partial charge < -0.3 is 10.6 Å². The average Bonchev–Trinajstić information content (AvgIpc) is 3.03. The third-order valence-electron chi connectivity index (χ3n) is 2.23. The Bertz CT molecular complexity index is 323. The van der Waals surface area contributed by atoms with Gasteiger partial charge in [0.15, 0.2) is 0 Å². The quantitative estimate of drug-likeness (QED) is 0.753. The number of hydrogen-bond donors (Lipinski definition) is 2. The monoisotopic (exact) mass is 206 g/mol. The second kappa shape index (κ2) is 4.72. The van der Waals surface area contributed by atoms with Crippen LogP contribution in [0.1, 0.15) is 18.4 Å². The van der Waals surface area contributed by atoms with Crippen LogP contribution in [0.4, 0.5) is 4.79 Å². The fraction of sp³-hybridized carbons (Fsp3) is 0.500. The molecular weight excluding hydrogens is 192 g/mol. The molecule has 0 unspecified atom stereocenters. The molecule has 0 aromatic carbocycles. The van der Waals surface area contributed by atoms with Crippen LogP contribution in [0.3, 0.4) is 0 Å². The van der Waals surface area contributed by atoms with E-state index in [4.69, 9.17) is 0 Å². The highest BCUT2D eigenvalue weighted by Crippen LogP contribution is 2.18. The second-order valence-corrected chi connectivity index (χ2v) is 3.67. The summed E-state index contributed by atoms with van der Waals surface area (Å²) in [6, 6.07) is 0.333. The fourth-order valence-electron chi connectivity index (χ4n) is 1.24. The number of urea groups is 1. The van der Waals surface area contributed by atoms with E-state index < -0.39 is 0 Å². The van der Waals surface area contributed by atoms with Crippen molar-refractivity contribution in [3.05, 3.63) is 24.3 Å². The molecule has 2 N–H and O–H groups in total. The molecule has 1 aliphatic rings. The topological polar surface area (TPSA) is 66.9 Å². The predicted molar refractivity (Wildman–Crippen MR) is 55.3 cm³/mol. The van der Waals surface area contributed by atoms with Crippen molar-refractivity contribution in [3.8, 4) is 0 Å². The third kappa shape index (κ3) is 3.53. The average molecular weight is 206 g/mol. The van der Waals surface area contributed by atoms with Crippen molar-refractivity contribution in [2.75, 3.05) is 6.54 Å². The van der Waals surface area contributed by atoms with Gasteiger partial charge in [0, 0.05) is 25.0 Å². The Morgan fingerprint density at radius 2 is 2.13 bits per heavy atom. The summed E-state index contributed by atoms with van der Waals surface area (Å²) in [4.78, 5) is 19.0. The van der Waals surface area contributed by atoms with E-state index in [1.54, 1.807) is 12.4 Å². The second-order valence-electron chi connectivity index (χ2n) is 3.67. The normalized spacial score (nSPS) is 14.7. The summed E-state index contributed by atoms with van der Waals surface area (Å²) in [6.45, 7) is 0.617. The summed E-state index contributed by atoms with van der Waals surface area (Å²) >= 11 is 0. The Morgan fingerprint density at radius 1 is 1.40 bits per heavy atom. The summed E-state index contributed by atoms with van der Waals surface area (Å²) in [5.41, 5.74) is 1.03. The first-order valence-electron chi connectivity index (χ1n) is 5.13. The number of aromatic nitrogens is 2. The lowest BCUT2D eigenvalue weighted by Gasteiger charge is -2.05. The summed E-state index contributed by atoms with van der Waals surface area (Å²) in [5, 5.41) is 5.66. The van der Waals surface area contributed by atoms with Crippen molar-refractivity contribution in [1.29, 1.82) is 0 Å². The van der Waals surface area contributed by atoms with E-state index in [1.807, 2.05) is 0 Å². The van der Waals surface area contributed by atoms with E-state index in [9.17, 15) is 4.79 Å². The van der Waals surface area contributed by atoms with E-state index in [0.717, 1.165) is 24.8 Å². The molecule has 2 amide bonds. The molecule has 1 saturated carbocycles. The molecule has 0 saturated heterocycles. The fourth-order valence-corrected chi connectivity index (χ4v) is 1.24. The molecule has 0 aliphatic heterocycles. The van der Waals surface area contributed by atoms with Crippen LogP contribution in [0.2, 0.25) is 0 Å². The molecule has 2 rings (SSSR count). The molecule has 0 spiro atoms. The van der Waals surface area contributed by atoms with Gasteiger partial charge in [-0.2, -0.15) is 0 Å². The van der Waals surface area contributed by atoms with Gasteiger partial charge in [-0.25, -0.2) is 14.8 Å². The van der Waals surface area contributed by atoms with Crippen LogP contribution >= 0.6 is 0 Å². The number of hydrogen-bond acceptors (Lipinski definition) is 3. The zero-order valence-corrected chi connectivity index (χ0v) is 8.44. The Balaban J connectivity index is 1.63. The lowest BCUT2D eigenvalue weighted by atomic mass is 10.2. The highest BCUT2D eigenvalue weighted by molar-refractivity contribution is 5.74. The molecule has 0 bridgehead atoms. The smallest absolute Gasteiger partial charge is 0.315 e. The molecule has 1 fully saturated rings. The zero-order valence-electron chi connectivity index (χ0n) is 8.44. The van der Waals surface area contributed by atoms with Crippen LogP contribution < -0.4 is 10.6 Å². The van der Waals surface area contributed by atoms with Gasteiger partial charge in [-0.1, -0.05) is 0 Å². The standard InChI is InChI=1S/C10H14N4O/c15-10(14-9-1-2-9)13-4-3-8-5-11-7-12-6-8/h5-7,9H,1-4H2,(H2,13,14,15). The van der Waals surface area contributed by atoms with Gasteiger partial charge in [0.2, 0.25) is 0 Å². The molecule has 1 aromatic rings. The van der Waals surface area contributed by atoms with Crippen molar-refractivity contribution < 1.29 is 4.79 Å². The number of rotatable bonds is 4. The summed E-state index contributed by atoms with van der Waals surface area (Å²) < 4.78 is 0. The van der Waals surface area contributed by atoms with Crippen LogP contribution in [-0.2, 0) is 6.42 Å². The van der Waals surface area contributed by atoms with Crippen molar-refractivity contribution in [2.24, 2.45) is 0 Å². The molecule has 1 aliphatic carbocycles. The first-order chi connectivity index (χ1) is 7.34. The van der Waals surface area contributed by atoms with Gasteiger partial charge in [-0.05, 0) is 24.8 Å². The van der Waals surface area contributed by atoms with E-state index in [1.165, 1.54) is 6.33 Å². The molecule has 5 heteroatoms. The molecule has 80 valence electrons. The SMILES string of the molecule is O=C(NCCc1cncnc1)NC1CC1. The van der Waals surface area contributed by atoms with Gasteiger partial charge >= 0.3 is 6.03 Å². The molecule has 1 aromatic heterocycles. The summed E-state index contributed by atoms with van der Waals surface area (Å²) in [6.07, 6.45) is 8.00. The highest BCUT2D eigenvalue weighted by atomic mass is 16.2. The van der Waals surface area contributed by atoms with E-state index in [0.29, 0.717) is 12.6 Å². The Hall–Kier alpha value is -1.65. The maximum Gasteiger partial charge on any atom is 0.315 e. The van der Waals surface area contributed by atoms with Crippen molar-refractivity contribution >= 4 is 6.03 Å². The molecule has 0 atom stereocenters. The van der Waals surface area contributed by atoms with Gasteiger partial charge in [0.25, 0.3) is 0 Å². The van der Waals surface area contributed by atoms with E-state index >= 15 is 0 Å². The Labute approximate surface area is 88.3 Å². The van der Waals surface area contributed by atoms with Crippen LogP contribution in [0, 0.1) is 0 Å². The summed E-state index contributed by atoms with van der Waals surface area (Å²) in [7, 11) is 0. The van der Waals surface area contributed by atoms with E-state index in [2.05, 4.69) is 20.6 Å². The van der Waals surface area contributed by atoms with Crippen LogP contribution in [0.15, 0.2) is 18.7 Å². The van der Waals surface area contributed by atoms with E-state index in [-0.39, 0.29) is 6.03 Å². The molecule has 5 nitrogen and oxygen atoms in total. The predicted octanol–water partition coefficient (Wildman–Crippen LogP) is 0.481. The minimum atomic E-state index is -0.0747. The molecule has 15 heavy (non-hydrogen) atoms. The number of amides is 2. The van der Waals surface area contributed by atoms with Crippen LogP contribution in [-0.4, -0.2) is 28.6 Å². The molecule has 0 radical (unpaired) electrons. The Morgan fingerprint density at radius 3 is 2.80 bits per heavy atom. The number of carbonyl (C=O) groups excluding carboxylic acids is 1. The maximum absolute atomic E-state index is 11.2. The number of nitrogens with zero attached hydrogens (tertiary/aromatic N) is 2. The largest absolute Gasteiger partial charge is 0.338 e. The van der Waals surface area contributed by atoms with Gasteiger partial charge in [-0.3, -0.25) is 0 Å². The molecule has 1 heterocycles. The van der Waals surface area contributed by atoms with Crippen LogP contribution in [0.5, 0.6) is 0 Å². The van der Waals surface area contributed by atoms with Crippen molar-refractivity contribution in [3.63, 3.8) is 0 Å². The lowest BCUT2D eigenvalue weighted by molar-refractivity contribution is 0.240. The zero-order chi connectivity index (χ0) is 10.5. The first-order valence-corrected chi connectivity index (χ1v) is 5.13. The van der Waals surface area contributed by atoms with Crippen molar-refractivity contribution in [2.45, 2.75) is 25.3 Å². The van der Waals surface area contributed by atoms with Crippen molar-refractivity contribution in [1.82, 2.24) is 20.6 Å². The number of nitrogens with one attached hydrogen (secondary N) is 2. The summed E-state index contributed by atoms with van der Waals surface area (Å²) in [5.74, 6) is 0. The van der Waals surface area contributed by atoms with Gasteiger partial charge in [-0.15, -0.1) is 0 Å². The van der Waals surface area contributed by atoms with Gasteiger partial charge in [0.1, 0.15) is 6.33 Å². The maximum atomic E-state index is 11.2. The lowest BCUT2D eigenvalue weighted by Crippen LogP contribution is -2.37. The Kier molecular flexibility index (Phi) is 3.11. The third-order valence-corrected chi connectivity index (χ3v) is 2.23. The minimum Gasteiger partial charge on any atom is -0.338 e. The minimum absolute atomic E-state index is 0.0747. The molecular formula is C10H14N4O. The first kappa shape index (κ1) is 9.89. The number of carbonyl (C=O) groups is 1. The highest BCUT2D eigenvalue weighted by Gasteiger charge is 2.22. The van der Waals surface area contributed by atoms with Gasteiger partial charge in [0.05, 0.1) is 0 Å².